The van der Waals surface area contributed by atoms with Gasteiger partial charge < -0.3 is 5.32 Å². The molecule has 23 heavy (non-hydrogen) atoms. The van der Waals surface area contributed by atoms with Gasteiger partial charge in [0.25, 0.3) is 12.3 Å². The highest BCUT2D eigenvalue weighted by molar-refractivity contribution is 5.94. The molecule has 1 aromatic carbocycles. The summed E-state index contributed by atoms with van der Waals surface area (Å²) in [6.07, 6.45) is -1.26. The third-order valence-corrected chi connectivity index (χ3v) is 3.28. The Bertz CT molecular complexity index is 845. The minimum Gasteiger partial charge on any atom is -0.345 e. The van der Waals surface area contributed by atoms with Crippen LogP contribution in [0.25, 0.3) is 16.8 Å². The quantitative estimate of drug-likeness (QED) is 0.800. The maximum atomic E-state index is 12.2. The number of rotatable bonds is 4. The highest BCUT2D eigenvalue weighted by Gasteiger charge is 2.16. The van der Waals surface area contributed by atoms with Crippen LogP contribution in [-0.4, -0.2) is 38.7 Å². The van der Waals surface area contributed by atoms with Crippen LogP contribution in [0.2, 0.25) is 0 Å². The van der Waals surface area contributed by atoms with Crippen molar-refractivity contribution in [1.82, 2.24) is 25.1 Å². The van der Waals surface area contributed by atoms with Crippen molar-refractivity contribution in [2.45, 2.75) is 13.3 Å². The van der Waals surface area contributed by atoms with E-state index in [1.807, 2.05) is 31.2 Å². The van der Waals surface area contributed by atoms with Gasteiger partial charge in [-0.2, -0.15) is 9.61 Å². The molecule has 3 aromatic rings. The van der Waals surface area contributed by atoms with Gasteiger partial charge in [0.05, 0.1) is 6.54 Å². The maximum absolute atomic E-state index is 12.2. The number of amides is 1. The van der Waals surface area contributed by atoms with Crippen LogP contribution < -0.4 is 5.32 Å². The van der Waals surface area contributed by atoms with Crippen LogP contribution in [0.1, 0.15) is 16.1 Å². The van der Waals surface area contributed by atoms with Crippen molar-refractivity contribution in [3.63, 3.8) is 0 Å². The number of aromatic nitrogens is 4. The summed E-state index contributed by atoms with van der Waals surface area (Å²) >= 11 is 0. The molecular weight excluding hydrogens is 304 g/mol. The number of hydrogen-bond donors (Lipinski definition) is 1. The lowest BCUT2D eigenvalue weighted by atomic mass is 10.0. The maximum Gasteiger partial charge on any atom is 0.271 e. The van der Waals surface area contributed by atoms with Gasteiger partial charge in [0.2, 0.25) is 0 Å². The topological polar surface area (TPSA) is 72.2 Å². The summed E-state index contributed by atoms with van der Waals surface area (Å²) in [5, 5.41) is 14.0. The van der Waals surface area contributed by atoms with Gasteiger partial charge in [-0.25, -0.2) is 8.78 Å². The third kappa shape index (κ3) is 3.15. The van der Waals surface area contributed by atoms with Crippen LogP contribution in [-0.2, 0) is 0 Å². The lowest BCUT2D eigenvalue weighted by Crippen LogP contribution is -2.29. The number of halogens is 2. The van der Waals surface area contributed by atoms with Crippen LogP contribution in [0, 0.1) is 6.92 Å². The van der Waals surface area contributed by atoms with Crippen molar-refractivity contribution in [2.75, 3.05) is 6.54 Å². The average molecular weight is 317 g/mol. The van der Waals surface area contributed by atoms with Gasteiger partial charge in [-0.05, 0) is 18.6 Å². The summed E-state index contributed by atoms with van der Waals surface area (Å²) < 4.78 is 25.8. The normalized spacial score (nSPS) is 11.1. The van der Waals surface area contributed by atoms with Crippen molar-refractivity contribution < 1.29 is 13.6 Å². The van der Waals surface area contributed by atoms with Gasteiger partial charge in [0.15, 0.2) is 5.65 Å². The van der Waals surface area contributed by atoms with E-state index in [9.17, 15) is 13.6 Å². The van der Waals surface area contributed by atoms with E-state index >= 15 is 0 Å². The molecule has 0 saturated heterocycles. The van der Waals surface area contributed by atoms with E-state index in [4.69, 9.17) is 0 Å². The van der Waals surface area contributed by atoms with E-state index < -0.39 is 18.9 Å². The first-order chi connectivity index (χ1) is 11.0. The number of carbonyl (C=O) groups excluding carboxylic acids is 1. The zero-order valence-electron chi connectivity index (χ0n) is 12.2. The largest absolute Gasteiger partial charge is 0.345 e. The molecule has 6 nitrogen and oxygen atoms in total. The average Bonchev–Trinajstić information content (AvgIpc) is 3.01. The molecule has 0 fully saturated rings. The van der Waals surface area contributed by atoms with Gasteiger partial charge in [-0.15, -0.1) is 10.2 Å². The molecule has 2 heterocycles. The lowest BCUT2D eigenvalue weighted by molar-refractivity contribution is 0.0885. The summed E-state index contributed by atoms with van der Waals surface area (Å²) in [7, 11) is 0. The Morgan fingerprint density at radius 2 is 2.04 bits per heavy atom. The predicted molar refractivity (Wildman–Crippen MR) is 79.3 cm³/mol. The van der Waals surface area contributed by atoms with Crippen molar-refractivity contribution >= 4 is 11.6 Å². The number of benzene rings is 1. The van der Waals surface area contributed by atoms with E-state index in [0.717, 1.165) is 11.1 Å². The number of fused-ring (bicyclic) bond motifs is 1. The molecule has 1 amide bonds. The van der Waals surface area contributed by atoms with Crippen LogP contribution in [0.5, 0.6) is 0 Å². The second kappa shape index (κ2) is 6.07. The Hall–Kier alpha value is -2.90. The minimum absolute atomic E-state index is 0.0218. The molecule has 0 aliphatic heterocycles. The molecule has 0 atom stereocenters. The molecule has 0 radical (unpaired) electrons. The number of carbonyl (C=O) groups is 1. The van der Waals surface area contributed by atoms with E-state index in [1.165, 1.54) is 16.9 Å². The van der Waals surface area contributed by atoms with Crippen LogP contribution in [0.3, 0.4) is 0 Å². The fraction of sp³-hybridized carbons (Fsp3) is 0.200. The lowest BCUT2D eigenvalue weighted by Gasteiger charge is -2.08. The number of nitrogens with one attached hydrogen (secondary N) is 1. The highest BCUT2D eigenvalue weighted by Crippen LogP contribution is 2.24. The molecule has 0 spiro atoms. The van der Waals surface area contributed by atoms with Crippen molar-refractivity contribution in [3.8, 4) is 11.1 Å². The molecule has 0 aliphatic carbocycles. The smallest absolute Gasteiger partial charge is 0.271 e. The summed E-state index contributed by atoms with van der Waals surface area (Å²) in [4.78, 5) is 12.0. The highest BCUT2D eigenvalue weighted by atomic mass is 19.3. The first-order valence-electron chi connectivity index (χ1n) is 6.89. The van der Waals surface area contributed by atoms with Crippen LogP contribution in [0.15, 0.2) is 36.7 Å². The monoisotopic (exact) mass is 317 g/mol. The zero-order chi connectivity index (χ0) is 16.4. The Morgan fingerprint density at radius 1 is 1.30 bits per heavy atom. The Balaban J connectivity index is 2.04. The molecule has 2 aromatic heterocycles. The van der Waals surface area contributed by atoms with Gasteiger partial charge in [0, 0.05) is 5.56 Å². The SMILES string of the molecule is Cc1ccc(-c2cc(C(=O)NCC(F)F)nn3cnnc23)cc1. The standard InChI is InChI=1S/C15H13F2N5O/c1-9-2-4-10(5-3-9)11-6-12(15(23)18-7-13(16)17)21-22-8-19-20-14(11)22/h2-6,8,13H,7H2,1H3,(H,18,23). The van der Waals surface area contributed by atoms with E-state index in [0.29, 0.717) is 11.2 Å². The van der Waals surface area contributed by atoms with Crippen LogP contribution >= 0.6 is 0 Å². The molecule has 1 N–H and O–H groups in total. The van der Waals surface area contributed by atoms with E-state index in [2.05, 4.69) is 20.6 Å². The van der Waals surface area contributed by atoms with Crippen molar-refractivity contribution in [1.29, 1.82) is 0 Å². The zero-order valence-corrected chi connectivity index (χ0v) is 12.2. The van der Waals surface area contributed by atoms with Gasteiger partial charge in [-0.1, -0.05) is 29.8 Å². The minimum atomic E-state index is -2.62. The predicted octanol–water partition coefficient (Wildman–Crippen LogP) is 2.09. The number of hydrogen-bond acceptors (Lipinski definition) is 4. The molecular formula is C15H13F2N5O. The van der Waals surface area contributed by atoms with Gasteiger partial charge in [0.1, 0.15) is 12.0 Å². The fourth-order valence-corrected chi connectivity index (χ4v) is 2.14. The molecule has 3 rings (SSSR count). The number of alkyl halides is 2. The van der Waals surface area contributed by atoms with E-state index in [-0.39, 0.29) is 5.69 Å². The number of aryl methyl sites for hydroxylation is 1. The van der Waals surface area contributed by atoms with Crippen molar-refractivity contribution in [3.05, 3.63) is 47.9 Å². The first-order valence-corrected chi connectivity index (χ1v) is 6.89. The summed E-state index contributed by atoms with van der Waals surface area (Å²) in [5.74, 6) is -0.672. The van der Waals surface area contributed by atoms with Gasteiger partial charge in [-0.3, -0.25) is 4.79 Å². The molecule has 0 bridgehead atoms. The fourth-order valence-electron chi connectivity index (χ4n) is 2.14. The Labute approximate surface area is 130 Å². The molecule has 8 heteroatoms. The summed E-state index contributed by atoms with van der Waals surface area (Å²) in [5.41, 5.74) is 3.08. The van der Waals surface area contributed by atoms with Crippen molar-refractivity contribution in [2.24, 2.45) is 0 Å². The molecule has 0 unspecified atom stereocenters. The van der Waals surface area contributed by atoms with Gasteiger partial charge >= 0.3 is 0 Å². The molecule has 0 saturated carbocycles. The van der Waals surface area contributed by atoms with E-state index in [1.54, 1.807) is 0 Å². The summed E-state index contributed by atoms with van der Waals surface area (Å²) in [6.45, 7) is 1.24. The first kappa shape index (κ1) is 15.0. The van der Waals surface area contributed by atoms with Crippen LogP contribution in [0.4, 0.5) is 8.78 Å². The Kier molecular flexibility index (Phi) is 3.96. The third-order valence-electron chi connectivity index (χ3n) is 3.28. The summed E-state index contributed by atoms with van der Waals surface area (Å²) in [6, 6.07) is 9.16. The number of nitrogens with zero attached hydrogens (tertiary/aromatic N) is 4. The molecule has 0 aliphatic rings. The second-order valence-corrected chi connectivity index (χ2v) is 5.01. The Morgan fingerprint density at radius 3 is 2.74 bits per heavy atom. The molecule has 118 valence electrons. The second-order valence-electron chi connectivity index (χ2n) is 5.01.